The van der Waals surface area contributed by atoms with Crippen LogP contribution in [0.2, 0.25) is 0 Å². The van der Waals surface area contributed by atoms with Crippen LogP contribution in [0.5, 0.6) is 0 Å². The molecule has 0 bridgehead atoms. The number of hydrogen-bond acceptors (Lipinski definition) is 4. The van der Waals surface area contributed by atoms with E-state index in [9.17, 15) is 9.90 Å². The number of aryl methyl sites for hydroxylation is 2. The molecule has 1 aromatic heterocycles. The number of aliphatic hydroxyl groups excluding tert-OH is 1. The standard InChI is InChI=1S/C11H18N2O3/c1-4-16-11(15)10-9(6-5-8(2)14)7-13(3)12-10/h7-8,14H,4-6H2,1-3H3. The molecule has 0 aliphatic rings. The maximum Gasteiger partial charge on any atom is 0.359 e. The summed E-state index contributed by atoms with van der Waals surface area (Å²) in [7, 11) is 1.76. The predicted molar refractivity (Wildman–Crippen MR) is 59.2 cm³/mol. The van der Waals surface area contributed by atoms with E-state index >= 15 is 0 Å². The fraction of sp³-hybridized carbons (Fsp3) is 0.636. The van der Waals surface area contributed by atoms with Gasteiger partial charge in [0.15, 0.2) is 5.69 Å². The van der Waals surface area contributed by atoms with Gasteiger partial charge in [-0.2, -0.15) is 5.10 Å². The molecular formula is C11H18N2O3. The second-order valence-electron chi connectivity index (χ2n) is 3.78. The third-order valence-corrected chi connectivity index (χ3v) is 2.20. The van der Waals surface area contributed by atoms with E-state index in [4.69, 9.17) is 4.74 Å². The van der Waals surface area contributed by atoms with Crippen LogP contribution in [0.4, 0.5) is 0 Å². The van der Waals surface area contributed by atoms with Gasteiger partial charge in [0.05, 0.1) is 12.7 Å². The van der Waals surface area contributed by atoms with Gasteiger partial charge in [-0.05, 0) is 26.7 Å². The van der Waals surface area contributed by atoms with Crippen molar-refractivity contribution >= 4 is 5.97 Å². The van der Waals surface area contributed by atoms with Crippen molar-refractivity contribution in [2.75, 3.05) is 6.61 Å². The second kappa shape index (κ2) is 5.65. The number of carbonyl (C=O) groups is 1. The molecule has 90 valence electrons. The lowest BCUT2D eigenvalue weighted by Gasteiger charge is -2.03. The van der Waals surface area contributed by atoms with Gasteiger partial charge in [-0.25, -0.2) is 4.79 Å². The Bertz CT molecular complexity index is 358. The lowest BCUT2D eigenvalue weighted by Crippen LogP contribution is -2.09. The Hall–Kier alpha value is -1.36. The van der Waals surface area contributed by atoms with Crippen molar-refractivity contribution in [2.24, 2.45) is 7.05 Å². The first kappa shape index (κ1) is 12.7. The van der Waals surface area contributed by atoms with Crippen molar-refractivity contribution in [3.8, 4) is 0 Å². The zero-order valence-corrected chi connectivity index (χ0v) is 9.93. The molecule has 0 radical (unpaired) electrons. The fourth-order valence-electron chi connectivity index (χ4n) is 1.46. The molecule has 0 spiro atoms. The topological polar surface area (TPSA) is 64.3 Å². The summed E-state index contributed by atoms with van der Waals surface area (Å²) < 4.78 is 6.50. The van der Waals surface area contributed by atoms with E-state index in [1.54, 1.807) is 31.8 Å². The smallest absolute Gasteiger partial charge is 0.359 e. The summed E-state index contributed by atoms with van der Waals surface area (Å²) in [6, 6.07) is 0. The molecule has 1 unspecified atom stereocenters. The van der Waals surface area contributed by atoms with Crippen LogP contribution in [-0.4, -0.2) is 33.6 Å². The highest BCUT2D eigenvalue weighted by molar-refractivity contribution is 5.88. The van der Waals surface area contributed by atoms with Crippen LogP contribution in [0, 0.1) is 0 Å². The van der Waals surface area contributed by atoms with E-state index in [-0.39, 0.29) is 6.10 Å². The van der Waals surface area contributed by atoms with Crippen molar-refractivity contribution in [1.29, 1.82) is 0 Å². The van der Waals surface area contributed by atoms with Gasteiger partial charge in [-0.15, -0.1) is 0 Å². The Morgan fingerprint density at radius 3 is 2.94 bits per heavy atom. The summed E-state index contributed by atoms with van der Waals surface area (Å²) in [4.78, 5) is 11.6. The Balaban J connectivity index is 2.78. The van der Waals surface area contributed by atoms with Gasteiger partial charge < -0.3 is 9.84 Å². The molecule has 1 rings (SSSR count). The molecule has 0 aromatic carbocycles. The molecule has 0 aliphatic heterocycles. The van der Waals surface area contributed by atoms with E-state index in [0.717, 1.165) is 5.56 Å². The molecule has 0 saturated carbocycles. The first-order chi connectivity index (χ1) is 7.54. The van der Waals surface area contributed by atoms with Crippen LogP contribution in [0.3, 0.4) is 0 Å². The molecule has 0 aliphatic carbocycles. The van der Waals surface area contributed by atoms with Crippen LogP contribution in [0.15, 0.2) is 6.20 Å². The first-order valence-corrected chi connectivity index (χ1v) is 5.42. The molecule has 5 nitrogen and oxygen atoms in total. The monoisotopic (exact) mass is 226 g/mol. The normalized spacial score (nSPS) is 12.5. The summed E-state index contributed by atoms with van der Waals surface area (Å²) in [5, 5.41) is 13.3. The minimum absolute atomic E-state index is 0.339. The number of nitrogens with zero attached hydrogens (tertiary/aromatic N) is 2. The average Bonchev–Trinajstić information content (AvgIpc) is 2.57. The molecule has 1 atom stereocenters. The van der Waals surface area contributed by atoms with E-state index in [1.165, 1.54) is 0 Å². The molecule has 16 heavy (non-hydrogen) atoms. The zero-order valence-electron chi connectivity index (χ0n) is 9.93. The quantitative estimate of drug-likeness (QED) is 0.758. The molecule has 0 amide bonds. The number of carbonyl (C=O) groups excluding carboxylic acids is 1. The van der Waals surface area contributed by atoms with E-state index in [1.807, 2.05) is 0 Å². The minimum atomic E-state index is -0.399. The summed E-state index contributed by atoms with van der Waals surface area (Å²) in [6.45, 7) is 3.82. The van der Waals surface area contributed by atoms with Gasteiger partial charge >= 0.3 is 5.97 Å². The van der Waals surface area contributed by atoms with Crippen molar-refractivity contribution < 1.29 is 14.6 Å². The number of aliphatic hydroxyl groups is 1. The molecule has 0 saturated heterocycles. The summed E-state index contributed by atoms with van der Waals surface area (Å²) in [6.07, 6.45) is 2.64. The Morgan fingerprint density at radius 1 is 1.69 bits per heavy atom. The zero-order chi connectivity index (χ0) is 12.1. The van der Waals surface area contributed by atoms with E-state index in [0.29, 0.717) is 25.1 Å². The van der Waals surface area contributed by atoms with Crippen molar-refractivity contribution in [1.82, 2.24) is 9.78 Å². The maximum atomic E-state index is 11.6. The summed E-state index contributed by atoms with van der Waals surface area (Å²) in [5.41, 5.74) is 1.17. The molecular weight excluding hydrogens is 208 g/mol. The third-order valence-electron chi connectivity index (χ3n) is 2.20. The minimum Gasteiger partial charge on any atom is -0.461 e. The highest BCUT2D eigenvalue weighted by Gasteiger charge is 2.17. The van der Waals surface area contributed by atoms with Gasteiger partial charge in [0.2, 0.25) is 0 Å². The highest BCUT2D eigenvalue weighted by atomic mass is 16.5. The number of ether oxygens (including phenoxy) is 1. The van der Waals surface area contributed by atoms with Gasteiger partial charge in [-0.1, -0.05) is 0 Å². The van der Waals surface area contributed by atoms with Crippen molar-refractivity contribution in [3.05, 3.63) is 17.5 Å². The van der Waals surface area contributed by atoms with Crippen LogP contribution in [0.1, 0.15) is 36.3 Å². The Kier molecular flexibility index (Phi) is 4.49. The van der Waals surface area contributed by atoms with Crippen LogP contribution >= 0.6 is 0 Å². The number of rotatable bonds is 5. The highest BCUT2D eigenvalue weighted by Crippen LogP contribution is 2.11. The average molecular weight is 226 g/mol. The maximum absolute atomic E-state index is 11.6. The first-order valence-electron chi connectivity index (χ1n) is 5.42. The SMILES string of the molecule is CCOC(=O)c1nn(C)cc1CCC(C)O. The largest absolute Gasteiger partial charge is 0.461 e. The predicted octanol–water partition coefficient (Wildman–Crippen LogP) is 0.910. The second-order valence-corrected chi connectivity index (χ2v) is 3.78. The van der Waals surface area contributed by atoms with Crippen LogP contribution < -0.4 is 0 Å². The number of esters is 1. The fourth-order valence-corrected chi connectivity index (χ4v) is 1.46. The summed E-state index contributed by atoms with van der Waals surface area (Å²) >= 11 is 0. The van der Waals surface area contributed by atoms with Gasteiger partial charge in [0.1, 0.15) is 0 Å². The molecule has 0 fully saturated rings. The van der Waals surface area contributed by atoms with Crippen molar-refractivity contribution in [3.63, 3.8) is 0 Å². The van der Waals surface area contributed by atoms with E-state index < -0.39 is 5.97 Å². The van der Waals surface area contributed by atoms with Gasteiger partial charge in [-0.3, -0.25) is 4.68 Å². The lowest BCUT2D eigenvalue weighted by atomic mass is 10.1. The Labute approximate surface area is 95.0 Å². The molecule has 1 heterocycles. The van der Waals surface area contributed by atoms with Crippen molar-refractivity contribution in [2.45, 2.75) is 32.8 Å². The lowest BCUT2D eigenvalue weighted by molar-refractivity contribution is 0.0517. The Morgan fingerprint density at radius 2 is 2.38 bits per heavy atom. The van der Waals surface area contributed by atoms with Gasteiger partial charge in [0.25, 0.3) is 0 Å². The molecule has 1 N–H and O–H groups in total. The molecule has 1 aromatic rings. The van der Waals surface area contributed by atoms with Gasteiger partial charge in [0, 0.05) is 18.8 Å². The third kappa shape index (κ3) is 3.34. The number of hydrogen-bond donors (Lipinski definition) is 1. The van der Waals surface area contributed by atoms with Crippen LogP contribution in [-0.2, 0) is 18.2 Å². The summed E-state index contributed by atoms with van der Waals surface area (Å²) in [5.74, 6) is -0.399. The van der Waals surface area contributed by atoms with Crippen LogP contribution in [0.25, 0.3) is 0 Å². The molecule has 5 heteroatoms. The van der Waals surface area contributed by atoms with E-state index in [2.05, 4.69) is 5.10 Å². The number of aromatic nitrogens is 2.